The second-order valence-corrected chi connectivity index (χ2v) is 0. The normalized spacial score (nSPS) is 0. The van der Waals surface area contributed by atoms with Crippen LogP contribution in [0.4, 0.5) is 0 Å². The Balaban J connectivity index is 0. The smallest absolute Gasteiger partial charge is 1.00 e. The van der Waals surface area contributed by atoms with E-state index in [4.69, 9.17) is 0 Å². The van der Waals surface area contributed by atoms with Gasteiger partial charge in [0.1, 0.15) is 0 Å². The summed E-state index contributed by atoms with van der Waals surface area (Å²) in [5.41, 5.74) is 0. The van der Waals surface area contributed by atoms with Gasteiger partial charge in [-0.3, -0.25) is 0 Å². The molecule has 0 heterocycles. The first kappa shape index (κ1) is 35.5. The number of halogens is 2. The summed E-state index contributed by atoms with van der Waals surface area (Å²) in [4.78, 5) is 0. The summed E-state index contributed by atoms with van der Waals surface area (Å²) in [6, 6.07) is 0. The molecule has 0 unspecified atom stereocenters. The molecule has 0 rings (SSSR count). The minimum Gasteiger partial charge on any atom is -1.00 e. The number of hydrogen-bond donors (Lipinski definition) is 0. The Morgan fingerprint density at radius 2 is 0.800 bits per heavy atom. The van der Waals surface area contributed by atoms with Gasteiger partial charge in [0.05, 0.1) is 0 Å². The molecule has 0 fully saturated rings. The van der Waals surface area contributed by atoms with Crippen molar-refractivity contribution in [3.63, 3.8) is 0 Å². The van der Waals surface area contributed by atoms with Crippen LogP contribution in [0.15, 0.2) is 0 Å². The van der Waals surface area contributed by atoms with Crippen LogP contribution in [0.25, 0.3) is 0 Å². The predicted octanol–water partition coefficient (Wildman–Crippen LogP) is -2.35. The molecule has 0 saturated heterocycles. The molecule has 0 bridgehead atoms. The Morgan fingerprint density at radius 3 is 0.800 bits per heavy atom. The fourth-order valence-corrected chi connectivity index (χ4v) is 0. The molecule has 0 aliphatic carbocycles. The van der Waals surface area contributed by atoms with Gasteiger partial charge in [0.25, 0.3) is 0 Å². The summed E-state index contributed by atoms with van der Waals surface area (Å²) in [6.45, 7) is 0. The first-order chi connectivity index (χ1) is 0. The third-order valence-corrected chi connectivity index (χ3v) is 0. The summed E-state index contributed by atoms with van der Waals surface area (Å²) in [6.07, 6.45) is 0. The zero-order valence-corrected chi connectivity index (χ0v) is 11.3. The van der Waals surface area contributed by atoms with Crippen LogP contribution in [0.5, 0.6) is 0 Å². The van der Waals surface area contributed by atoms with Crippen molar-refractivity contribution in [1.29, 1.82) is 0 Å². The molecule has 0 aromatic carbocycles. The molecule has 0 atom stereocenters. The molecule has 0 amide bonds. The minimum atomic E-state index is 0. The molecule has 0 spiro atoms. The SMILES string of the molecule is Cl.Cl.[Ca+2].[Ca+2].[H-].[H-].[H-].[H-].[H-].[Na+]. The van der Waals surface area contributed by atoms with Crippen LogP contribution >= 0.6 is 24.8 Å². The molecule has 0 nitrogen and oxygen atoms in total. The third kappa shape index (κ3) is 17.9. The first-order valence-electron chi connectivity index (χ1n) is 0. The Morgan fingerprint density at radius 1 is 0.800 bits per heavy atom. The van der Waals surface area contributed by atoms with Crippen molar-refractivity contribution in [3.8, 4) is 0 Å². The average molecular weight is 181 g/mol. The fraction of sp³-hybridized carbons (Fsp3) is 0. The van der Waals surface area contributed by atoms with Crippen LogP contribution in [-0.4, -0.2) is 75.5 Å². The molecular weight excluding hydrogens is 174 g/mol. The van der Waals surface area contributed by atoms with Crippen molar-refractivity contribution in [1.82, 2.24) is 0 Å². The molecule has 0 saturated carbocycles. The third-order valence-electron chi connectivity index (χ3n) is 0. The summed E-state index contributed by atoms with van der Waals surface area (Å²) in [5.74, 6) is 0. The van der Waals surface area contributed by atoms with E-state index < -0.39 is 0 Å². The predicted molar refractivity (Wildman–Crippen MR) is 31.6 cm³/mol. The van der Waals surface area contributed by atoms with E-state index in [0.717, 1.165) is 0 Å². The van der Waals surface area contributed by atoms with E-state index in [-0.39, 0.29) is 137 Å². The second-order valence-electron chi connectivity index (χ2n) is 0. The number of hydrogen-bond acceptors (Lipinski definition) is 0. The molecule has 0 aliphatic heterocycles. The van der Waals surface area contributed by atoms with E-state index in [1.165, 1.54) is 0 Å². The van der Waals surface area contributed by atoms with Gasteiger partial charge >= 0.3 is 105 Å². The van der Waals surface area contributed by atoms with Crippen molar-refractivity contribution in [3.05, 3.63) is 0 Å². The summed E-state index contributed by atoms with van der Waals surface area (Å²) < 4.78 is 0. The molecule has 0 aromatic heterocycles. The maximum Gasteiger partial charge on any atom is 2.00 e. The standard InChI is InChI=1S/2Ca.2ClH.Na.5H/h;;2*1H;;;;;;/q2*+2;;;+1;5*-1. The summed E-state index contributed by atoms with van der Waals surface area (Å²) in [7, 11) is 0. The summed E-state index contributed by atoms with van der Waals surface area (Å²) in [5, 5.41) is 0. The molecule has 0 radical (unpaired) electrons. The summed E-state index contributed by atoms with van der Waals surface area (Å²) >= 11 is 0. The fourth-order valence-electron chi connectivity index (χ4n) is 0. The van der Waals surface area contributed by atoms with Crippen LogP contribution in [0.3, 0.4) is 0 Å². The van der Waals surface area contributed by atoms with Gasteiger partial charge in [-0.2, -0.15) is 0 Å². The van der Waals surface area contributed by atoms with Gasteiger partial charge in [-0.1, -0.05) is 0 Å². The van der Waals surface area contributed by atoms with Gasteiger partial charge in [0.2, 0.25) is 0 Å². The topological polar surface area (TPSA) is 0 Å². The van der Waals surface area contributed by atoms with Gasteiger partial charge in [0, 0.05) is 0 Å². The average Bonchev–Trinajstić information content (AvgIpc) is 0. The molecule has 5 heteroatoms. The Bertz CT molecular complexity index is 17.6. The Hall–Kier alpha value is 4.10. The van der Waals surface area contributed by atoms with Crippen molar-refractivity contribution in [2.75, 3.05) is 0 Å². The van der Waals surface area contributed by atoms with Gasteiger partial charge in [-0.15, -0.1) is 24.8 Å². The van der Waals surface area contributed by atoms with Crippen LogP contribution in [0.2, 0.25) is 0 Å². The molecule has 0 aliphatic rings. The van der Waals surface area contributed by atoms with Crippen LogP contribution in [-0.2, 0) is 0 Å². The zero-order chi connectivity index (χ0) is 0. The van der Waals surface area contributed by atoms with Crippen molar-refractivity contribution < 1.29 is 36.7 Å². The van der Waals surface area contributed by atoms with Crippen molar-refractivity contribution >= 4 is 100 Å². The minimum absolute atomic E-state index is 0. The molecule has 5 heavy (non-hydrogen) atoms. The zero-order valence-electron chi connectivity index (χ0n) is 8.23. The first-order valence-corrected chi connectivity index (χ1v) is 0. The van der Waals surface area contributed by atoms with Crippen molar-refractivity contribution in [2.45, 2.75) is 0 Å². The van der Waals surface area contributed by atoms with Gasteiger partial charge in [0.15, 0.2) is 0 Å². The van der Waals surface area contributed by atoms with Gasteiger partial charge in [-0.05, 0) is 0 Å². The van der Waals surface area contributed by atoms with Gasteiger partial charge < -0.3 is 7.13 Å². The van der Waals surface area contributed by atoms with E-state index in [1.54, 1.807) is 0 Å². The maximum atomic E-state index is 0. The Kier molecular flexibility index (Phi) is 173. The Labute approximate surface area is 134 Å². The number of rotatable bonds is 0. The van der Waals surface area contributed by atoms with E-state index in [9.17, 15) is 0 Å². The maximum absolute atomic E-state index is 0. The van der Waals surface area contributed by atoms with Crippen LogP contribution in [0.1, 0.15) is 7.13 Å². The second kappa shape index (κ2) is 24.3. The molecule has 0 N–H and O–H groups in total. The van der Waals surface area contributed by atoms with Crippen LogP contribution < -0.4 is 29.6 Å². The largest absolute Gasteiger partial charge is 2.00 e. The van der Waals surface area contributed by atoms with E-state index in [1.807, 2.05) is 0 Å². The molecule has 0 aromatic rings. The van der Waals surface area contributed by atoms with E-state index >= 15 is 0 Å². The van der Waals surface area contributed by atoms with Crippen LogP contribution in [0, 0.1) is 0 Å². The van der Waals surface area contributed by atoms with Crippen molar-refractivity contribution in [2.24, 2.45) is 0 Å². The van der Waals surface area contributed by atoms with Gasteiger partial charge in [-0.25, -0.2) is 0 Å². The molecular formula is H7Ca2Cl2Na. The monoisotopic (exact) mass is 180 g/mol. The molecule has 26 valence electrons. The van der Waals surface area contributed by atoms with E-state index in [0.29, 0.717) is 0 Å². The van der Waals surface area contributed by atoms with E-state index in [2.05, 4.69) is 0 Å². The quantitative estimate of drug-likeness (QED) is 0.367.